The van der Waals surface area contributed by atoms with Crippen LogP contribution in [0.5, 0.6) is 0 Å². The fourth-order valence-corrected chi connectivity index (χ4v) is 2.37. The molecule has 0 saturated heterocycles. The van der Waals surface area contributed by atoms with E-state index < -0.39 is 0 Å². The summed E-state index contributed by atoms with van der Waals surface area (Å²) < 4.78 is 4.96. The number of esters is 1. The number of allylic oxidation sites excluding steroid dienone is 2. The van der Waals surface area contributed by atoms with Gasteiger partial charge in [-0.1, -0.05) is 0 Å². The molecule has 2 bridgehead atoms. The van der Waals surface area contributed by atoms with Crippen LogP contribution in [0.2, 0.25) is 0 Å². The lowest BCUT2D eigenvalue weighted by molar-refractivity contribution is -0.148. The first-order chi connectivity index (χ1) is 6.22. The lowest BCUT2D eigenvalue weighted by Crippen LogP contribution is -2.22. The molecule has 1 N–H and O–H groups in total. The van der Waals surface area contributed by atoms with Crippen LogP contribution in [-0.2, 0) is 9.53 Å². The van der Waals surface area contributed by atoms with Crippen LogP contribution in [0.25, 0.3) is 0 Å². The Morgan fingerprint density at radius 2 is 2.46 bits per heavy atom. The zero-order valence-electron chi connectivity index (χ0n) is 7.69. The lowest BCUT2D eigenvalue weighted by atomic mass is 9.93. The van der Waals surface area contributed by atoms with Gasteiger partial charge in [0.25, 0.3) is 0 Å². The van der Waals surface area contributed by atoms with Crippen molar-refractivity contribution in [3.8, 4) is 0 Å². The standard InChI is InChI=1S/C10H14O3/c1-2-13-10(12)8-4-7-3-6(8)5-9(7)11/h5-8,11H,2-4H2,1H3. The van der Waals surface area contributed by atoms with E-state index in [4.69, 9.17) is 4.74 Å². The number of ether oxygens (including phenoxy) is 1. The first-order valence-corrected chi connectivity index (χ1v) is 4.79. The van der Waals surface area contributed by atoms with Gasteiger partial charge in [0.05, 0.1) is 18.3 Å². The van der Waals surface area contributed by atoms with Gasteiger partial charge >= 0.3 is 5.97 Å². The first kappa shape index (κ1) is 8.60. The van der Waals surface area contributed by atoms with Crippen molar-refractivity contribution in [2.45, 2.75) is 19.8 Å². The van der Waals surface area contributed by atoms with Crippen LogP contribution in [0.3, 0.4) is 0 Å². The Kier molecular flexibility index (Phi) is 2.02. The molecule has 2 rings (SSSR count). The van der Waals surface area contributed by atoms with E-state index in [9.17, 15) is 9.90 Å². The minimum absolute atomic E-state index is 0.000787. The topological polar surface area (TPSA) is 46.5 Å². The zero-order valence-corrected chi connectivity index (χ0v) is 7.69. The minimum Gasteiger partial charge on any atom is -0.512 e. The number of fused-ring (bicyclic) bond motifs is 2. The van der Waals surface area contributed by atoms with Crippen LogP contribution in [0.15, 0.2) is 11.8 Å². The molecular weight excluding hydrogens is 168 g/mol. The third kappa shape index (κ3) is 1.32. The second kappa shape index (κ2) is 3.05. The Hall–Kier alpha value is -0.990. The molecule has 0 aromatic heterocycles. The summed E-state index contributed by atoms with van der Waals surface area (Å²) in [6.07, 6.45) is 3.51. The second-order valence-electron chi connectivity index (χ2n) is 3.78. The summed E-state index contributed by atoms with van der Waals surface area (Å²) in [5, 5.41) is 9.36. The highest BCUT2D eigenvalue weighted by Crippen LogP contribution is 2.46. The molecule has 3 atom stereocenters. The van der Waals surface area contributed by atoms with E-state index in [1.165, 1.54) is 0 Å². The molecule has 2 aliphatic rings. The Balaban J connectivity index is 2.02. The molecule has 0 spiro atoms. The highest BCUT2D eigenvalue weighted by molar-refractivity contribution is 5.74. The number of rotatable bonds is 2. The van der Waals surface area contributed by atoms with Crippen molar-refractivity contribution in [2.75, 3.05) is 6.61 Å². The molecule has 0 amide bonds. The van der Waals surface area contributed by atoms with Crippen molar-refractivity contribution in [1.82, 2.24) is 0 Å². The number of aliphatic hydroxyl groups is 1. The number of aliphatic hydroxyl groups excluding tert-OH is 1. The normalized spacial score (nSPS) is 36.1. The summed E-state index contributed by atoms with van der Waals surface area (Å²) in [5.74, 6) is 0.827. The largest absolute Gasteiger partial charge is 0.512 e. The molecule has 0 heterocycles. The third-order valence-corrected chi connectivity index (χ3v) is 3.00. The van der Waals surface area contributed by atoms with Crippen LogP contribution in [-0.4, -0.2) is 17.7 Å². The summed E-state index contributed by atoms with van der Waals surface area (Å²) >= 11 is 0. The van der Waals surface area contributed by atoms with Gasteiger partial charge in [-0.15, -0.1) is 0 Å². The summed E-state index contributed by atoms with van der Waals surface area (Å²) in [6, 6.07) is 0. The molecule has 3 nitrogen and oxygen atoms in total. The summed E-state index contributed by atoms with van der Waals surface area (Å²) in [6.45, 7) is 2.26. The Morgan fingerprint density at radius 3 is 2.92 bits per heavy atom. The average molecular weight is 182 g/mol. The van der Waals surface area contributed by atoms with E-state index in [2.05, 4.69) is 0 Å². The number of carbonyl (C=O) groups is 1. The molecule has 0 radical (unpaired) electrons. The number of hydrogen-bond acceptors (Lipinski definition) is 3. The van der Waals surface area contributed by atoms with Crippen LogP contribution in [0.1, 0.15) is 19.8 Å². The molecule has 13 heavy (non-hydrogen) atoms. The molecular formula is C10H14O3. The molecule has 3 heteroatoms. The van der Waals surface area contributed by atoms with Crippen molar-refractivity contribution < 1.29 is 14.6 Å². The van der Waals surface area contributed by atoms with E-state index in [1.807, 2.05) is 13.0 Å². The molecule has 0 aromatic carbocycles. The van der Waals surface area contributed by atoms with E-state index in [0.717, 1.165) is 12.8 Å². The molecule has 3 unspecified atom stereocenters. The van der Waals surface area contributed by atoms with Crippen molar-refractivity contribution >= 4 is 5.97 Å². The zero-order chi connectivity index (χ0) is 9.42. The van der Waals surface area contributed by atoms with Gasteiger partial charge in [-0.2, -0.15) is 0 Å². The van der Waals surface area contributed by atoms with E-state index in [-0.39, 0.29) is 23.7 Å². The van der Waals surface area contributed by atoms with E-state index >= 15 is 0 Å². The first-order valence-electron chi connectivity index (χ1n) is 4.79. The van der Waals surface area contributed by atoms with Gasteiger partial charge in [0.2, 0.25) is 0 Å². The molecule has 0 aromatic rings. The van der Waals surface area contributed by atoms with Crippen molar-refractivity contribution in [1.29, 1.82) is 0 Å². The minimum atomic E-state index is -0.0984. The van der Waals surface area contributed by atoms with Gasteiger partial charge in [-0.05, 0) is 31.8 Å². The van der Waals surface area contributed by atoms with Crippen molar-refractivity contribution in [3.05, 3.63) is 11.8 Å². The molecule has 72 valence electrons. The fourth-order valence-electron chi connectivity index (χ4n) is 2.37. The van der Waals surface area contributed by atoms with Crippen LogP contribution >= 0.6 is 0 Å². The highest BCUT2D eigenvalue weighted by Gasteiger charge is 2.44. The van der Waals surface area contributed by atoms with Gasteiger partial charge < -0.3 is 9.84 Å². The summed E-state index contributed by atoms with van der Waals surface area (Å²) in [5.41, 5.74) is 0. The Bertz CT molecular complexity index is 257. The number of hydrogen-bond donors (Lipinski definition) is 1. The quantitative estimate of drug-likeness (QED) is 0.660. The van der Waals surface area contributed by atoms with Gasteiger partial charge in [-0.3, -0.25) is 4.79 Å². The molecule has 2 aliphatic carbocycles. The maximum Gasteiger partial charge on any atom is 0.309 e. The van der Waals surface area contributed by atoms with Gasteiger partial charge in [0.1, 0.15) is 0 Å². The van der Waals surface area contributed by atoms with E-state index in [0.29, 0.717) is 12.4 Å². The monoisotopic (exact) mass is 182 g/mol. The molecule has 1 fully saturated rings. The van der Waals surface area contributed by atoms with Crippen LogP contribution in [0.4, 0.5) is 0 Å². The Morgan fingerprint density at radius 1 is 1.69 bits per heavy atom. The van der Waals surface area contributed by atoms with Crippen LogP contribution < -0.4 is 0 Å². The maximum absolute atomic E-state index is 11.4. The Labute approximate surface area is 77.4 Å². The highest BCUT2D eigenvalue weighted by atomic mass is 16.5. The predicted octanol–water partition coefficient (Wildman–Crippen LogP) is 1.65. The lowest BCUT2D eigenvalue weighted by Gasteiger charge is -2.17. The van der Waals surface area contributed by atoms with E-state index in [1.54, 1.807) is 0 Å². The smallest absolute Gasteiger partial charge is 0.309 e. The summed E-state index contributed by atoms with van der Waals surface area (Å²) in [7, 11) is 0. The SMILES string of the molecule is CCOC(=O)C1CC2CC1C=C2O. The molecule has 1 saturated carbocycles. The van der Waals surface area contributed by atoms with Gasteiger partial charge in [-0.25, -0.2) is 0 Å². The van der Waals surface area contributed by atoms with Crippen molar-refractivity contribution in [3.63, 3.8) is 0 Å². The maximum atomic E-state index is 11.4. The summed E-state index contributed by atoms with van der Waals surface area (Å²) in [4.78, 5) is 11.4. The average Bonchev–Trinajstić information content (AvgIpc) is 2.62. The third-order valence-electron chi connectivity index (χ3n) is 3.00. The van der Waals surface area contributed by atoms with Crippen LogP contribution in [0, 0.1) is 17.8 Å². The van der Waals surface area contributed by atoms with Gasteiger partial charge in [0.15, 0.2) is 0 Å². The fraction of sp³-hybridized carbons (Fsp3) is 0.700. The second-order valence-corrected chi connectivity index (χ2v) is 3.78. The predicted molar refractivity (Wildman–Crippen MR) is 47.0 cm³/mol. The van der Waals surface area contributed by atoms with Crippen molar-refractivity contribution in [2.24, 2.45) is 17.8 Å². The number of carbonyl (C=O) groups excluding carboxylic acids is 1. The van der Waals surface area contributed by atoms with Gasteiger partial charge in [0, 0.05) is 5.92 Å². The molecule has 0 aliphatic heterocycles.